The minimum Gasteiger partial charge on any atom is -0.333 e. The van der Waals surface area contributed by atoms with Crippen molar-refractivity contribution in [3.05, 3.63) is 52.5 Å². The van der Waals surface area contributed by atoms with Crippen molar-refractivity contribution in [2.75, 3.05) is 0 Å². The lowest BCUT2D eigenvalue weighted by atomic mass is 10.1. The molecular formula is C13H16BrN3. The van der Waals surface area contributed by atoms with Crippen LogP contribution in [-0.4, -0.2) is 9.55 Å². The van der Waals surface area contributed by atoms with E-state index in [1.165, 1.54) is 0 Å². The molecule has 3 nitrogen and oxygen atoms in total. The van der Waals surface area contributed by atoms with Gasteiger partial charge in [0.1, 0.15) is 5.82 Å². The first kappa shape index (κ1) is 12.3. The van der Waals surface area contributed by atoms with Gasteiger partial charge in [-0.3, -0.25) is 0 Å². The highest BCUT2D eigenvalue weighted by molar-refractivity contribution is 9.10. The summed E-state index contributed by atoms with van der Waals surface area (Å²) in [7, 11) is 0. The fourth-order valence-corrected chi connectivity index (χ4v) is 2.43. The van der Waals surface area contributed by atoms with Crippen molar-refractivity contribution >= 4 is 15.9 Å². The van der Waals surface area contributed by atoms with Gasteiger partial charge in [-0.25, -0.2) is 4.98 Å². The summed E-state index contributed by atoms with van der Waals surface area (Å²) in [6.45, 7) is 3.10. The number of benzene rings is 1. The molecule has 0 bridgehead atoms. The van der Waals surface area contributed by atoms with Crippen LogP contribution in [0.5, 0.6) is 0 Å². The molecular weight excluding hydrogens is 278 g/mol. The van der Waals surface area contributed by atoms with Gasteiger partial charge >= 0.3 is 0 Å². The highest BCUT2D eigenvalue weighted by atomic mass is 79.9. The zero-order valence-electron chi connectivity index (χ0n) is 9.81. The summed E-state index contributed by atoms with van der Waals surface area (Å²) in [6, 6.07) is 7.82. The number of imidazole rings is 1. The van der Waals surface area contributed by atoms with Crippen molar-refractivity contribution in [3.8, 4) is 0 Å². The van der Waals surface area contributed by atoms with Crippen molar-refractivity contribution in [1.82, 2.24) is 9.55 Å². The van der Waals surface area contributed by atoms with Gasteiger partial charge in [0.05, 0.1) is 6.04 Å². The normalized spacial score (nSPS) is 12.6. The Morgan fingerprint density at radius 2 is 2.18 bits per heavy atom. The predicted octanol–water partition coefficient (Wildman–Crippen LogP) is 3.10. The van der Waals surface area contributed by atoms with Gasteiger partial charge in [0.15, 0.2) is 0 Å². The van der Waals surface area contributed by atoms with Gasteiger partial charge in [-0.2, -0.15) is 0 Å². The number of halogens is 1. The van der Waals surface area contributed by atoms with Crippen LogP contribution in [-0.2, 0) is 6.54 Å². The number of nitrogens with two attached hydrogens (primary N) is 1. The Morgan fingerprint density at radius 3 is 2.88 bits per heavy atom. The van der Waals surface area contributed by atoms with Crippen LogP contribution in [0.1, 0.15) is 30.8 Å². The van der Waals surface area contributed by atoms with Crippen molar-refractivity contribution in [2.45, 2.75) is 25.9 Å². The van der Waals surface area contributed by atoms with Crippen LogP contribution in [0.4, 0.5) is 0 Å². The Morgan fingerprint density at radius 1 is 1.41 bits per heavy atom. The van der Waals surface area contributed by atoms with Crippen molar-refractivity contribution < 1.29 is 0 Å². The molecule has 0 saturated heterocycles. The third kappa shape index (κ3) is 2.58. The van der Waals surface area contributed by atoms with E-state index >= 15 is 0 Å². The standard InChI is InChI=1S/C13H16BrN3/c1-2-8-17-9-7-16-13(17)12(15)10-5-3-4-6-11(10)14/h3-7,9,12H,2,8,15H2,1H3. The summed E-state index contributed by atoms with van der Waals surface area (Å²) in [6.07, 6.45) is 4.86. The van der Waals surface area contributed by atoms with Crippen LogP contribution in [0.3, 0.4) is 0 Å². The van der Waals surface area contributed by atoms with Crippen LogP contribution in [0, 0.1) is 0 Å². The summed E-state index contributed by atoms with van der Waals surface area (Å²) < 4.78 is 3.14. The summed E-state index contributed by atoms with van der Waals surface area (Å²) >= 11 is 3.53. The molecule has 0 fully saturated rings. The van der Waals surface area contributed by atoms with Gasteiger partial charge in [-0.15, -0.1) is 0 Å². The number of hydrogen-bond acceptors (Lipinski definition) is 2. The first-order valence-electron chi connectivity index (χ1n) is 5.75. The Hall–Kier alpha value is -1.13. The average Bonchev–Trinajstić information content (AvgIpc) is 2.78. The van der Waals surface area contributed by atoms with E-state index in [1.54, 1.807) is 0 Å². The van der Waals surface area contributed by atoms with Crippen LogP contribution in [0.25, 0.3) is 0 Å². The van der Waals surface area contributed by atoms with E-state index in [1.807, 2.05) is 36.7 Å². The molecule has 1 atom stereocenters. The molecule has 0 aliphatic heterocycles. The number of nitrogens with zero attached hydrogens (tertiary/aromatic N) is 2. The molecule has 1 aromatic carbocycles. The topological polar surface area (TPSA) is 43.8 Å². The molecule has 2 rings (SSSR count). The highest BCUT2D eigenvalue weighted by Gasteiger charge is 2.16. The average molecular weight is 294 g/mol. The van der Waals surface area contributed by atoms with Gasteiger partial charge in [0, 0.05) is 23.4 Å². The van der Waals surface area contributed by atoms with Gasteiger partial charge < -0.3 is 10.3 Å². The lowest BCUT2D eigenvalue weighted by Crippen LogP contribution is -2.18. The lowest BCUT2D eigenvalue weighted by Gasteiger charge is -2.15. The second kappa shape index (κ2) is 5.47. The molecule has 1 heterocycles. The fraction of sp³-hybridized carbons (Fsp3) is 0.308. The second-order valence-electron chi connectivity index (χ2n) is 3.98. The molecule has 2 N–H and O–H groups in total. The van der Waals surface area contributed by atoms with E-state index in [2.05, 4.69) is 32.4 Å². The third-order valence-electron chi connectivity index (χ3n) is 2.73. The summed E-state index contributed by atoms with van der Waals surface area (Å²) in [5, 5.41) is 0. The summed E-state index contributed by atoms with van der Waals surface area (Å²) in [5.74, 6) is 0.916. The maximum atomic E-state index is 6.28. The molecule has 0 radical (unpaired) electrons. The van der Waals surface area contributed by atoms with E-state index in [-0.39, 0.29) is 6.04 Å². The molecule has 0 aliphatic carbocycles. The highest BCUT2D eigenvalue weighted by Crippen LogP contribution is 2.25. The van der Waals surface area contributed by atoms with E-state index in [4.69, 9.17) is 5.73 Å². The summed E-state index contributed by atoms with van der Waals surface area (Å²) in [4.78, 5) is 4.37. The Labute approximate surface area is 110 Å². The van der Waals surface area contributed by atoms with Crippen molar-refractivity contribution in [1.29, 1.82) is 0 Å². The maximum Gasteiger partial charge on any atom is 0.130 e. The molecule has 0 amide bonds. The number of rotatable bonds is 4. The van der Waals surface area contributed by atoms with Gasteiger partial charge in [0.2, 0.25) is 0 Å². The molecule has 2 aromatic rings. The van der Waals surface area contributed by atoms with Crippen LogP contribution >= 0.6 is 15.9 Å². The van der Waals surface area contributed by atoms with E-state index in [0.717, 1.165) is 28.8 Å². The monoisotopic (exact) mass is 293 g/mol. The molecule has 4 heteroatoms. The number of aryl methyl sites for hydroxylation is 1. The second-order valence-corrected chi connectivity index (χ2v) is 4.83. The summed E-state index contributed by atoms with van der Waals surface area (Å²) in [5.41, 5.74) is 7.35. The smallest absolute Gasteiger partial charge is 0.130 e. The predicted molar refractivity (Wildman–Crippen MR) is 72.7 cm³/mol. The molecule has 17 heavy (non-hydrogen) atoms. The molecule has 0 spiro atoms. The van der Waals surface area contributed by atoms with E-state index in [0.29, 0.717) is 0 Å². The van der Waals surface area contributed by atoms with Crippen molar-refractivity contribution in [2.24, 2.45) is 5.73 Å². The maximum absolute atomic E-state index is 6.28. The van der Waals surface area contributed by atoms with E-state index < -0.39 is 0 Å². The fourth-order valence-electron chi connectivity index (χ4n) is 1.90. The Kier molecular flexibility index (Phi) is 3.97. The van der Waals surface area contributed by atoms with Crippen LogP contribution in [0.15, 0.2) is 41.1 Å². The van der Waals surface area contributed by atoms with Crippen LogP contribution < -0.4 is 5.73 Å². The SMILES string of the molecule is CCCn1ccnc1C(N)c1ccccc1Br. The van der Waals surface area contributed by atoms with Gasteiger partial charge in [-0.05, 0) is 18.1 Å². The molecule has 1 unspecified atom stereocenters. The first-order valence-corrected chi connectivity index (χ1v) is 6.54. The Bertz CT molecular complexity index is 493. The number of hydrogen-bond donors (Lipinski definition) is 1. The lowest BCUT2D eigenvalue weighted by molar-refractivity contribution is 0.612. The number of aromatic nitrogens is 2. The largest absolute Gasteiger partial charge is 0.333 e. The van der Waals surface area contributed by atoms with Crippen molar-refractivity contribution in [3.63, 3.8) is 0 Å². The quantitative estimate of drug-likeness (QED) is 0.941. The first-order chi connectivity index (χ1) is 8.24. The Balaban J connectivity index is 2.34. The van der Waals surface area contributed by atoms with E-state index in [9.17, 15) is 0 Å². The minimum atomic E-state index is -0.188. The van der Waals surface area contributed by atoms with Gasteiger partial charge in [-0.1, -0.05) is 41.1 Å². The molecule has 1 aromatic heterocycles. The molecule has 0 aliphatic rings. The molecule has 0 saturated carbocycles. The molecule has 90 valence electrons. The minimum absolute atomic E-state index is 0.188. The van der Waals surface area contributed by atoms with Gasteiger partial charge in [0.25, 0.3) is 0 Å². The third-order valence-corrected chi connectivity index (χ3v) is 3.45. The van der Waals surface area contributed by atoms with Crippen LogP contribution in [0.2, 0.25) is 0 Å². The zero-order chi connectivity index (χ0) is 12.3. The zero-order valence-corrected chi connectivity index (χ0v) is 11.4.